The molecule has 0 unspecified atom stereocenters. The summed E-state index contributed by atoms with van der Waals surface area (Å²) in [4.78, 5) is 8.41. The van der Waals surface area contributed by atoms with Gasteiger partial charge < -0.3 is 10.2 Å². The predicted molar refractivity (Wildman–Crippen MR) is 93.0 cm³/mol. The molecule has 0 amide bonds. The SMILES string of the molecule is CCCc1nc(N(C)Cc2csc(Br)c2)sc1CNC. The van der Waals surface area contributed by atoms with E-state index in [4.69, 9.17) is 4.98 Å². The Hall–Kier alpha value is -0.430. The molecule has 2 heterocycles. The standard InChI is InChI=1S/C14H20BrN3S2/c1-4-5-11-12(7-16-2)20-14(17-11)18(3)8-10-6-13(15)19-9-10/h6,9,16H,4-5,7-8H2,1-3H3. The highest BCUT2D eigenvalue weighted by Gasteiger charge is 2.13. The highest BCUT2D eigenvalue weighted by atomic mass is 79.9. The van der Waals surface area contributed by atoms with Crippen LogP contribution in [0.5, 0.6) is 0 Å². The van der Waals surface area contributed by atoms with Gasteiger partial charge in [0.1, 0.15) is 0 Å². The van der Waals surface area contributed by atoms with Crippen molar-refractivity contribution in [1.29, 1.82) is 0 Å². The van der Waals surface area contributed by atoms with Gasteiger partial charge in [-0.05, 0) is 46.4 Å². The van der Waals surface area contributed by atoms with Crippen LogP contribution in [0, 0.1) is 0 Å². The minimum atomic E-state index is 0.903. The zero-order valence-corrected chi connectivity index (χ0v) is 15.3. The average Bonchev–Trinajstić information content (AvgIpc) is 2.98. The Labute approximate surface area is 137 Å². The van der Waals surface area contributed by atoms with Crippen LogP contribution in [0.25, 0.3) is 0 Å². The van der Waals surface area contributed by atoms with Gasteiger partial charge in [0, 0.05) is 25.0 Å². The Morgan fingerprint density at radius 3 is 2.85 bits per heavy atom. The van der Waals surface area contributed by atoms with Crippen LogP contribution in [0.2, 0.25) is 0 Å². The lowest BCUT2D eigenvalue weighted by Crippen LogP contribution is -2.15. The number of rotatable bonds is 7. The number of aromatic nitrogens is 1. The minimum Gasteiger partial charge on any atom is -0.347 e. The lowest BCUT2D eigenvalue weighted by molar-refractivity contribution is 0.796. The molecule has 0 fully saturated rings. The molecule has 0 aliphatic rings. The van der Waals surface area contributed by atoms with Crippen molar-refractivity contribution in [3.63, 3.8) is 0 Å². The molecule has 110 valence electrons. The highest BCUT2D eigenvalue weighted by molar-refractivity contribution is 9.11. The van der Waals surface area contributed by atoms with E-state index in [1.165, 1.54) is 19.9 Å². The molecule has 20 heavy (non-hydrogen) atoms. The van der Waals surface area contributed by atoms with E-state index < -0.39 is 0 Å². The number of nitrogens with zero attached hydrogens (tertiary/aromatic N) is 2. The molecule has 0 bridgehead atoms. The third-order valence-corrected chi connectivity index (χ3v) is 5.72. The summed E-state index contributed by atoms with van der Waals surface area (Å²) < 4.78 is 1.18. The van der Waals surface area contributed by atoms with Crippen LogP contribution in [0.15, 0.2) is 15.2 Å². The first-order valence-corrected chi connectivity index (χ1v) is 9.20. The molecule has 0 aromatic carbocycles. The second-order valence-corrected chi connectivity index (χ2v) is 8.11. The van der Waals surface area contributed by atoms with E-state index in [0.717, 1.165) is 31.1 Å². The number of thiazole rings is 1. The summed E-state index contributed by atoms with van der Waals surface area (Å²) in [6, 6.07) is 2.18. The third-order valence-electron chi connectivity index (χ3n) is 2.96. The summed E-state index contributed by atoms with van der Waals surface area (Å²) >= 11 is 7.05. The van der Waals surface area contributed by atoms with Gasteiger partial charge in [-0.25, -0.2) is 4.98 Å². The van der Waals surface area contributed by atoms with Crippen molar-refractivity contribution in [1.82, 2.24) is 10.3 Å². The van der Waals surface area contributed by atoms with Gasteiger partial charge in [0.2, 0.25) is 0 Å². The van der Waals surface area contributed by atoms with Crippen LogP contribution in [-0.4, -0.2) is 19.1 Å². The van der Waals surface area contributed by atoms with Crippen molar-refractivity contribution in [3.05, 3.63) is 31.4 Å². The third kappa shape index (κ3) is 4.04. The number of anilines is 1. The number of hydrogen-bond acceptors (Lipinski definition) is 5. The number of thiophene rings is 1. The Morgan fingerprint density at radius 1 is 1.45 bits per heavy atom. The topological polar surface area (TPSA) is 28.2 Å². The summed E-state index contributed by atoms with van der Waals surface area (Å²) in [5, 5.41) is 6.54. The summed E-state index contributed by atoms with van der Waals surface area (Å²) in [5.41, 5.74) is 2.58. The molecule has 0 saturated heterocycles. The minimum absolute atomic E-state index is 0.903. The maximum absolute atomic E-state index is 4.82. The fraction of sp³-hybridized carbons (Fsp3) is 0.500. The first kappa shape index (κ1) is 15.9. The molecule has 6 heteroatoms. The molecule has 1 N–H and O–H groups in total. The van der Waals surface area contributed by atoms with Gasteiger partial charge in [0.25, 0.3) is 0 Å². The summed E-state index contributed by atoms with van der Waals surface area (Å²) in [7, 11) is 4.10. The Morgan fingerprint density at radius 2 is 2.25 bits per heavy atom. The van der Waals surface area contributed by atoms with E-state index in [2.05, 4.69) is 51.6 Å². The Bertz CT molecular complexity index is 527. The highest BCUT2D eigenvalue weighted by Crippen LogP contribution is 2.29. The van der Waals surface area contributed by atoms with Crippen LogP contribution in [0.3, 0.4) is 0 Å². The monoisotopic (exact) mass is 373 g/mol. The van der Waals surface area contributed by atoms with Gasteiger partial charge in [-0.15, -0.1) is 22.7 Å². The average molecular weight is 374 g/mol. The molecular formula is C14H20BrN3S2. The number of aryl methyl sites for hydroxylation is 1. The molecule has 2 rings (SSSR count). The summed E-state index contributed by atoms with van der Waals surface area (Å²) in [6.45, 7) is 4.01. The van der Waals surface area contributed by atoms with Gasteiger partial charge in [0.05, 0.1) is 9.48 Å². The molecule has 0 saturated carbocycles. The van der Waals surface area contributed by atoms with Gasteiger partial charge in [-0.3, -0.25) is 0 Å². The van der Waals surface area contributed by atoms with Crippen LogP contribution >= 0.6 is 38.6 Å². The van der Waals surface area contributed by atoms with Gasteiger partial charge in [-0.2, -0.15) is 0 Å². The van der Waals surface area contributed by atoms with E-state index in [1.807, 2.05) is 7.05 Å². The van der Waals surface area contributed by atoms with Crippen molar-refractivity contribution in [2.75, 3.05) is 19.0 Å². The largest absolute Gasteiger partial charge is 0.347 e. The van der Waals surface area contributed by atoms with Crippen molar-refractivity contribution < 1.29 is 0 Å². The van der Waals surface area contributed by atoms with Crippen molar-refractivity contribution >= 4 is 43.7 Å². The fourth-order valence-electron chi connectivity index (χ4n) is 2.03. The van der Waals surface area contributed by atoms with Gasteiger partial charge >= 0.3 is 0 Å². The van der Waals surface area contributed by atoms with Crippen molar-refractivity contribution in [3.8, 4) is 0 Å². The fourth-order valence-corrected chi connectivity index (χ4v) is 4.31. The van der Waals surface area contributed by atoms with Crippen molar-refractivity contribution in [2.45, 2.75) is 32.9 Å². The first-order valence-electron chi connectivity index (χ1n) is 6.71. The van der Waals surface area contributed by atoms with E-state index in [-0.39, 0.29) is 0 Å². The van der Waals surface area contributed by atoms with E-state index in [0.29, 0.717) is 0 Å². The lowest BCUT2D eigenvalue weighted by Gasteiger charge is -2.14. The normalized spacial score (nSPS) is 11.0. The quantitative estimate of drug-likeness (QED) is 0.784. The van der Waals surface area contributed by atoms with E-state index >= 15 is 0 Å². The molecule has 2 aromatic heterocycles. The zero-order chi connectivity index (χ0) is 14.5. The molecule has 0 atom stereocenters. The second-order valence-electron chi connectivity index (χ2n) is 4.76. The Kier molecular flexibility index (Phi) is 6.01. The number of halogens is 1. The summed E-state index contributed by atoms with van der Waals surface area (Å²) in [6.07, 6.45) is 2.20. The maximum Gasteiger partial charge on any atom is 0.185 e. The van der Waals surface area contributed by atoms with Crippen LogP contribution in [-0.2, 0) is 19.5 Å². The van der Waals surface area contributed by atoms with E-state index in [9.17, 15) is 0 Å². The zero-order valence-electron chi connectivity index (χ0n) is 12.1. The molecule has 0 radical (unpaired) electrons. The molecule has 0 aliphatic heterocycles. The smallest absolute Gasteiger partial charge is 0.185 e. The van der Waals surface area contributed by atoms with Crippen LogP contribution in [0.4, 0.5) is 5.13 Å². The maximum atomic E-state index is 4.82. The number of hydrogen-bond donors (Lipinski definition) is 1. The molecular weight excluding hydrogens is 354 g/mol. The summed E-state index contributed by atoms with van der Waals surface area (Å²) in [5.74, 6) is 0. The molecule has 2 aromatic rings. The van der Waals surface area contributed by atoms with E-state index in [1.54, 1.807) is 22.7 Å². The lowest BCUT2D eigenvalue weighted by atomic mass is 10.2. The van der Waals surface area contributed by atoms with Crippen LogP contribution in [0.1, 0.15) is 29.5 Å². The molecule has 0 aliphatic carbocycles. The van der Waals surface area contributed by atoms with Crippen molar-refractivity contribution in [2.24, 2.45) is 0 Å². The second kappa shape index (κ2) is 7.54. The predicted octanol–water partition coefficient (Wildman–Crippen LogP) is 4.28. The van der Waals surface area contributed by atoms with Gasteiger partial charge in [-0.1, -0.05) is 13.3 Å². The van der Waals surface area contributed by atoms with Gasteiger partial charge in [0.15, 0.2) is 5.13 Å². The Balaban J connectivity index is 2.12. The molecule has 3 nitrogen and oxygen atoms in total. The number of nitrogens with one attached hydrogen (secondary N) is 1. The molecule has 0 spiro atoms. The van der Waals surface area contributed by atoms with Crippen LogP contribution < -0.4 is 10.2 Å². The first-order chi connectivity index (χ1) is 9.63.